The molecule has 0 aliphatic carbocycles. The fraction of sp³-hybridized carbons (Fsp3) is 0.500. The normalized spacial score (nSPS) is 18.2. The van der Waals surface area contributed by atoms with Crippen molar-refractivity contribution in [2.45, 2.75) is 38.6 Å². The smallest absolute Gasteiger partial charge is 0.273 e. The van der Waals surface area contributed by atoms with Gasteiger partial charge in [-0.3, -0.25) is 4.79 Å². The lowest BCUT2D eigenvalue weighted by Gasteiger charge is -2.37. The Balaban J connectivity index is 1.49. The molecule has 0 saturated carbocycles. The van der Waals surface area contributed by atoms with Gasteiger partial charge in [0.25, 0.3) is 5.91 Å². The number of nitrogens with zero attached hydrogens (tertiary/aromatic N) is 3. The van der Waals surface area contributed by atoms with Gasteiger partial charge in [-0.1, -0.05) is 30.3 Å². The molecule has 5 heteroatoms. The number of amides is 1. The van der Waals surface area contributed by atoms with Gasteiger partial charge in [0.15, 0.2) is 0 Å². The number of rotatable bonds is 6. The Morgan fingerprint density at radius 2 is 2.16 bits per heavy atom. The van der Waals surface area contributed by atoms with Crippen molar-refractivity contribution in [3.05, 3.63) is 52.0 Å². The van der Waals surface area contributed by atoms with Crippen molar-refractivity contribution in [2.75, 3.05) is 26.7 Å². The fourth-order valence-electron chi connectivity index (χ4n) is 3.51. The molecule has 0 spiro atoms. The highest BCUT2D eigenvalue weighted by atomic mass is 32.1. The number of carbonyl (C=O) groups is 1. The number of likely N-dealkylation sites (N-methyl/N-ethyl adjacent to an activating group) is 1. The second-order valence-corrected chi connectivity index (χ2v) is 7.92. The molecule has 0 N–H and O–H groups in total. The van der Waals surface area contributed by atoms with E-state index in [4.69, 9.17) is 0 Å². The third kappa shape index (κ3) is 4.89. The fourth-order valence-corrected chi connectivity index (χ4v) is 4.10. The number of aromatic nitrogens is 1. The lowest BCUT2D eigenvalue weighted by molar-refractivity contribution is 0.0612. The van der Waals surface area contributed by atoms with Crippen LogP contribution in [0.5, 0.6) is 0 Å². The largest absolute Gasteiger partial charge is 0.336 e. The minimum absolute atomic E-state index is 0.0560. The molecule has 4 nitrogen and oxygen atoms in total. The van der Waals surface area contributed by atoms with E-state index in [1.807, 2.05) is 24.3 Å². The van der Waals surface area contributed by atoms with Gasteiger partial charge in [0.05, 0.1) is 5.01 Å². The molecule has 1 fully saturated rings. The van der Waals surface area contributed by atoms with Gasteiger partial charge in [-0.05, 0) is 51.3 Å². The summed E-state index contributed by atoms with van der Waals surface area (Å²) in [5.74, 6) is 0.0560. The molecule has 3 rings (SSSR count). The van der Waals surface area contributed by atoms with E-state index in [0.29, 0.717) is 11.7 Å². The van der Waals surface area contributed by atoms with E-state index in [2.05, 4.69) is 40.2 Å². The van der Waals surface area contributed by atoms with Crippen LogP contribution in [0.2, 0.25) is 0 Å². The van der Waals surface area contributed by atoms with E-state index in [9.17, 15) is 4.79 Å². The van der Waals surface area contributed by atoms with Crippen molar-refractivity contribution < 1.29 is 4.79 Å². The van der Waals surface area contributed by atoms with E-state index in [1.54, 1.807) is 0 Å². The zero-order valence-corrected chi connectivity index (χ0v) is 16.0. The van der Waals surface area contributed by atoms with E-state index >= 15 is 0 Å². The van der Waals surface area contributed by atoms with Crippen molar-refractivity contribution in [3.8, 4) is 0 Å². The van der Waals surface area contributed by atoms with Gasteiger partial charge < -0.3 is 9.80 Å². The van der Waals surface area contributed by atoms with Gasteiger partial charge in [-0.25, -0.2) is 4.98 Å². The highest BCUT2D eigenvalue weighted by Gasteiger charge is 2.27. The molecule has 1 amide bonds. The minimum Gasteiger partial charge on any atom is -0.336 e. The maximum absolute atomic E-state index is 12.6. The number of hydrogen-bond donors (Lipinski definition) is 0. The van der Waals surface area contributed by atoms with Crippen LogP contribution in [0.3, 0.4) is 0 Å². The number of likely N-dealkylation sites (tertiary alicyclic amines) is 1. The van der Waals surface area contributed by atoms with Crippen molar-refractivity contribution in [1.29, 1.82) is 0 Å². The Labute approximate surface area is 154 Å². The summed E-state index contributed by atoms with van der Waals surface area (Å²) in [5, 5.41) is 2.82. The zero-order chi connectivity index (χ0) is 17.6. The van der Waals surface area contributed by atoms with Crippen LogP contribution in [-0.2, 0) is 6.42 Å². The average molecular weight is 358 g/mol. The predicted octanol–water partition coefficient (Wildman–Crippen LogP) is 3.62. The summed E-state index contributed by atoms with van der Waals surface area (Å²) in [6.07, 6.45) is 4.53. The molecule has 1 aliphatic heterocycles. The molecule has 1 atom stereocenters. The molecule has 134 valence electrons. The summed E-state index contributed by atoms with van der Waals surface area (Å²) in [6.45, 7) is 5.16. The van der Waals surface area contributed by atoms with Crippen molar-refractivity contribution in [3.63, 3.8) is 0 Å². The van der Waals surface area contributed by atoms with Crippen LogP contribution in [0.1, 0.15) is 40.3 Å². The van der Waals surface area contributed by atoms with Gasteiger partial charge in [0, 0.05) is 25.0 Å². The number of aryl methyl sites for hydroxylation is 2. The van der Waals surface area contributed by atoms with Crippen molar-refractivity contribution in [1.82, 2.24) is 14.8 Å². The Hall–Kier alpha value is -1.72. The summed E-state index contributed by atoms with van der Waals surface area (Å²) in [5.41, 5.74) is 1.99. The highest BCUT2D eigenvalue weighted by molar-refractivity contribution is 7.09. The number of benzene rings is 1. The van der Waals surface area contributed by atoms with Crippen molar-refractivity contribution >= 4 is 17.2 Å². The Morgan fingerprint density at radius 3 is 2.88 bits per heavy atom. The van der Waals surface area contributed by atoms with Gasteiger partial charge in [-0.15, -0.1) is 11.3 Å². The quantitative estimate of drug-likeness (QED) is 0.792. The average Bonchev–Trinajstić information content (AvgIpc) is 3.08. The number of thiazole rings is 1. The first-order valence-electron chi connectivity index (χ1n) is 9.09. The summed E-state index contributed by atoms with van der Waals surface area (Å²) in [7, 11) is 1.93. The molecule has 2 heterocycles. The maximum Gasteiger partial charge on any atom is 0.273 e. The lowest BCUT2D eigenvalue weighted by Crippen LogP contribution is -2.48. The maximum atomic E-state index is 12.6. The number of hydrogen-bond acceptors (Lipinski definition) is 4. The van der Waals surface area contributed by atoms with Crippen molar-refractivity contribution in [2.24, 2.45) is 0 Å². The minimum atomic E-state index is 0.0560. The standard InChI is InChI=1S/C20H27N3OS/c1-16-21-19(15-25-16)20(24)22(2)18-11-7-13-23(14-18)12-6-10-17-8-4-3-5-9-17/h3-5,8-9,15,18H,6-7,10-14H2,1-2H3/t18-/m0/s1. The van der Waals surface area contributed by atoms with E-state index in [1.165, 1.54) is 23.3 Å². The summed E-state index contributed by atoms with van der Waals surface area (Å²) in [4.78, 5) is 21.4. The topological polar surface area (TPSA) is 36.4 Å². The first-order chi connectivity index (χ1) is 12.1. The van der Waals surface area contributed by atoms with Gasteiger partial charge in [-0.2, -0.15) is 0 Å². The molecule has 1 aromatic heterocycles. The van der Waals surface area contributed by atoms with Crippen LogP contribution >= 0.6 is 11.3 Å². The molecule has 1 aliphatic rings. The molecule has 1 saturated heterocycles. The number of piperidine rings is 1. The molecule has 2 aromatic rings. The second-order valence-electron chi connectivity index (χ2n) is 6.85. The van der Waals surface area contributed by atoms with Crippen LogP contribution in [0, 0.1) is 6.92 Å². The summed E-state index contributed by atoms with van der Waals surface area (Å²) < 4.78 is 0. The highest BCUT2D eigenvalue weighted by Crippen LogP contribution is 2.18. The van der Waals surface area contributed by atoms with E-state index < -0.39 is 0 Å². The summed E-state index contributed by atoms with van der Waals surface area (Å²) in [6, 6.07) is 11.0. The Bertz CT molecular complexity index is 685. The zero-order valence-electron chi connectivity index (χ0n) is 15.1. The molecule has 25 heavy (non-hydrogen) atoms. The monoisotopic (exact) mass is 357 g/mol. The Morgan fingerprint density at radius 1 is 1.36 bits per heavy atom. The third-order valence-corrected chi connectivity index (χ3v) is 5.74. The molecule has 0 unspecified atom stereocenters. The van der Waals surface area contributed by atoms with Crippen LogP contribution in [0.25, 0.3) is 0 Å². The third-order valence-electron chi connectivity index (χ3n) is 4.97. The van der Waals surface area contributed by atoms with Crippen LogP contribution in [0.15, 0.2) is 35.7 Å². The first kappa shape index (κ1) is 18.1. The van der Waals surface area contributed by atoms with Gasteiger partial charge in [0.2, 0.25) is 0 Å². The molecular weight excluding hydrogens is 330 g/mol. The summed E-state index contributed by atoms with van der Waals surface area (Å²) >= 11 is 1.54. The predicted molar refractivity (Wildman–Crippen MR) is 103 cm³/mol. The van der Waals surface area contributed by atoms with E-state index in [0.717, 1.165) is 43.9 Å². The van der Waals surface area contributed by atoms with Crippen LogP contribution < -0.4 is 0 Å². The molecule has 1 aromatic carbocycles. The van der Waals surface area contributed by atoms with Gasteiger partial charge >= 0.3 is 0 Å². The number of carbonyl (C=O) groups excluding carboxylic acids is 1. The molecular formula is C20H27N3OS. The lowest BCUT2D eigenvalue weighted by atomic mass is 10.0. The molecule has 0 radical (unpaired) electrons. The second kappa shape index (κ2) is 8.59. The van der Waals surface area contributed by atoms with Crippen LogP contribution in [-0.4, -0.2) is 53.4 Å². The first-order valence-corrected chi connectivity index (χ1v) is 9.97. The SMILES string of the molecule is Cc1nc(C(=O)N(C)[C@H]2CCCN(CCCc3ccccc3)C2)cs1. The Kier molecular flexibility index (Phi) is 6.21. The van der Waals surface area contributed by atoms with E-state index in [-0.39, 0.29) is 5.91 Å². The molecule has 0 bridgehead atoms. The van der Waals surface area contributed by atoms with Gasteiger partial charge in [0.1, 0.15) is 5.69 Å². The van der Waals surface area contributed by atoms with Crippen LogP contribution in [0.4, 0.5) is 0 Å².